The van der Waals surface area contributed by atoms with Gasteiger partial charge in [0.15, 0.2) is 0 Å². The smallest absolute Gasteiger partial charge is 0.237 e. The molecule has 2 aromatic heterocycles. The largest absolute Gasteiger partial charge is 0.493 e. The van der Waals surface area contributed by atoms with Crippen molar-refractivity contribution in [1.82, 2.24) is 15.3 Å². The van der Waals surface area contributed by atoms with Crippen molar-refractivity contribution in [3.63, 3.8) is 0 Å². The fourth-order valence-corrected chi connectivity index (χ4v) is 3.58. The molecule has 0 bridgehead atoms. The van der Waals surface area contributed by atoms with Crippen molar-refractivity contribution in [1.29, 1.82) is 0 Å². The van der Waals surface area contributed by atoms with Gasteiger partial charge < -0.3 is 19.2 Å². The summed E-state index contributed by atoms with van der Waals surface area (Å²) in [5.41, 5.74) is 2.39. The topological polar surface area (TPSA) is 86.5 Å². The summed E-state index contributed by atoms with van der Waals surface area (Å²) in [5, 5.41) is 3.77. The average molecular weight is 444 g/mol. The van der Waals surface area contributed by atoms with Crippen molar-refractivity contribution in [2.45, 2.75) is 32.7 Å². The van der Waals surface area contributed by atoms with Crippen LogP contribution in [0, 0.1) is 5.92 Å². The molecule has 1 unspecified atom stereocenters. The molecule has 7 nitrogen and oxygen atoms in total. The summed E-state index contributed by atoms with van der Waals surface area (Å²) in [6.45, 7) is 4.13. The van der Waals surface area contributed by atoms with E-state index < -0.39 is 0 Å². The number of nitrogens with one attached hydrogen (secondary N) is 1. The SMILES string of the molecule is CC(=O)NC(C)c1cc2cc(-c3cnc(Oc4cccc(OCC5CC5)c4)cn3)ccc2o1. The second-order valence-corrected chi connectivity index (χ2v) is 8.39. The molecule has 0 aliphatic heterocycles. The molecule has 0 radical (unpaired) electrons. The van der Waals surface area contributed by atoms with E-state index in [0.717, 1.165) is 34.6 Å². The minimum absolute atomic E-state index is 0.0984. The van der Waals surface area contributed by atoms with E-state index in [0.29, 0.717) is 23.3 Å². The first-order chi connectivity index (χ1) is 16.0. The van der Waals surface area contributed by atoms with E-state index in [9.17, 15) is 4.79 Å². The van der Waals surface area contributed by atoms with Crippen LogP contribution in [0.25, 0.3) is 22.2 Å². The van der Waals surface area contributed by atoms with E-state index in [2.05, 4.69) is 15.3 Å². The quantitative estimate of drug-likeness (QED) is 0.378. The van der Waals surface area contributed by atoms with Gasteiger partial charge in [-0.2, -0.15) is 0 Å². The van der Waals surface area contributed by atoms with Gasteiger partial charge in [-0.1, -0.05) is 6.07 Å². The molecule has 7 heteroatoms. The molecule has 1 aliphatic carbocycles. The number of hydrogen-bond donors (Lipinski definition) is 1. The lowest BCUT2D eigenvalue weighted by Crippen LogP contribution is -2.23. The van der Waals surface area contributed by atoms with Gasteiger partial charge in [0.05, 0.1) is 30.7 Å². The Morgan fingerprint density at radius 2 is 1.97 bits per heavy atom. The Kier molecular flexibility index (Phi) is 5.69. The maximum absolute atomic E-state index is 11.3. The molecule has 1 amide bonds. The summed E-state index contributed by atoms with van der Waals surface area (Å²) in [6, 6.07) is 15.1. The minimum atomic E-state index is -0.202. The number of rotatable bonds is 8. The van der Waals surface area contributed by atoms with Crippen molar-refractivity contribution in [3.8, 4) is 28.6 Å². The summed E-state index contributed by atoms with van der Waals surface area (Å²) in [4.78, 5) is 20.2. The molecule has 5 rings (SSSR count). The number of amides is 1. The molecule has 2 heterocycles. The van der Waals surface area contributed by atoms with Crippen LogP contribution in [0.3, 0.4) is 0 Å². The van der Waals surface area contributed by atoms with Crippen molar-refractivity contribution in [2.75, 3.05) is 6.61 Å². The number of benzene rings is 2. The van der Waals surface area contributed by atoms with Crippen molar-refractivity contribution >= 4 is 16.9 Å². The Morgan fingerprint density at radius 3 is 2.73 bits per heavy atom. The summed E-state index contributed by atoms with van der Waals surface area (Å²) >= 11 is 0. The monoisotopic (exact) mass is 443 g/mol. The van der Waals surface area contributed by atoms with Crippen molar-refractivity contribution < 1.29 is 18.7 Å². The zero-order valence-corrected chi connectivity index (χ0v) is 18.6. The number of carbonyl (C=O) groups excluding carboxylic acids is 1. The van der Waals surface area contributed by atoms with Gasteiger partial charge in [-0.25, -0.2) is 9.97 Å². The van der Waals surface area contributed by atoms with E-state index in [1.807, 2.05) is 55.5 Å². The lowest BCUT2D eigenvalue weighted by molar-refractivity contribution is -0.119. The second kappa shape index (κ2) is 8.94. The minimum Gasteiger partial charge on any atom is -0.493 e. The molecule has 168 valence electrons. The maximum Gasteiger partial charge on any atom is 0.237 e. The lowest BCUT2D eigenvalue weighted by atomic mass is 10.1. The number of aromatic nitrogens is 2. The zero-order chi connectivity index (χ0) is 22.8. The molecule has 2 aromatic carbocycles. The fraction of sp³-hybridized carbons (Fsp3) is 0.269. The number of hydrogen-bond acceptors (Lipinski definition) is 6. The molecular formula is C26H25N3O4. The van der Waals surface area contributed by atoms with E-state index in [-0.39, 0.29) is 11.9 Å². The van der Waals surface area contributed by atoms with Gasteiger partial charge in [0.1, 0.15) is 22.8 Å². The van der Waals surface area contributed by atoms with Crippen LogP contribution in [0.1, 0.15) is 38.5 Å². The van der Waals surface area contributed by atoms with Gasteiger partial charge in [0.2, 0.25) is 11.8 Å². The van der Waals surface area contributed by atoms with Crippen LogP contribution < -0.4 is 14.8 Å². The van der Waals surface area contributed by atoms with Crippen molar-refractivity contribution in [2.24, 2.45) is 5.92 Å². The van der Waals surface area contributed by atoms with Crippen LogP contribution in [0.15, 0.2) is 65.3 Å². The molecule has 1 aliphatic rings. The number of furan rings is 1. The maximum atomic E-state index is 11.3. The van der Waals surface area contributed by atoms with Gasteiger partial charge in [0.25, 0.3) is 0 Å². The molecule has 1 atom stereocenters. The van der Waals surface area contributed by atoms with E-state index in [1.165, 1.54) is 19.8 Å². The highest BCUT2D eigenvalue weighted by Crippen LogP contribution is 2.31. The number of fused-ring (bicyclic) bond motifs is 1. The third-order valence-corrected chi connectivity index (χ3v) is 5.52. The Balaban J connectivity index is 1.28. The normalized spacial score (nSPS) is 14.1. The highest BCUT2D eigenvalue weighted by molar-refractivity contribution is 5.83. The Labute approximate surface area is 191 Å². The lowest BCUT2D eigenvalue weighted by Gasteiger charge is -2.08. The fourth-order valence-electron chi connectivity index (χ4n) is 3.58. The third kappa shape index (κ3) is 5.14. The van der Waals surface area contributed by atoms with E-state index in [4.69, 9.17) is 13.9 Å². The number of carbonyl (C=O) groups is 1. The Hall–Kier alpha value is -3.87. The summed E-state index contributed by atoms with van der Waals surface area (Å²) in [5.74, 6) is 3.17. The average Bonchev–Trinajstić information content (AvgIpc) is 3.54. The highest BCUT2D eigenvalue weighted by Gasteiger charge is 2.22. The molecule has 1 saturated carbocycles. The molecule has 33 heavy (non-hydrogen) atoms. The molecule has 0 spiro atoms. The van der Waals surface area contributed by atoms with Gasteiger partial charge in [-0.3, -0.25) is 4.79 Å². The standard InChI is InChI=1S/C26H25N3O4/c1-16(29-17(2)30)25-11-20-10-19(8-9-24(20)33-25)23-13-28-26(14-27-23)32-22-5-3-4-21(12-22)31-15-18-6-7-18/h3-5,8-14,16,18H,6-7,15H2,1-2H3,(H,29,30). The van der Waals surface area contributed by atoms with Gasteiger partial charge in [-0.05, 0) is 62.1 Å². The first kappa shape index (κ1) is 21.0. The summed E-state index contributed by atoms with van der Waals surface area (Å²) < 4.78 is 17.5. The molecular weight excluding hydrogens is 418 g/mol. The van der Waals surface area contributed by atoms with Crippen LogP contribution in [-0.2, 0) is 4.79 Å². The molecule has 4 aromatic rings. The van der Waals surface area contributed by atoms with Crippen molar-refractivity contribution in [3.05, 3.63) is 66.7 Å². The van der Waals surface area contributed by atoms with Gasteiger partial charge >= 0.3 is 0 Å². The Morgan fingerprint density at radius 1 is 1.12 bits per heavy atom. The summed E-state index contributed by atoms with van der Waals surface area (Å²) in [7, 11) is 0. The number of nitrogens with zero attached hydrogens (tertiary/aromatic N) is 2. The first-order valence-electron chi connectivity index (χ1n) is 11.1. The van der Waals surface area contributed by atoms with Gasteiger partial charge in [0, 0.05) is 23.9 Å². The zero-order valence-electron chi connectivity index (χ0n) is 18.6. The van der Waals surface area contributed by atoms with E-state index >= 15 is 0 Å². The van der Waals surface area contributed by atoms with Gasteiger partial charge in [-0.15, -0.1) is 0 Å². The summed E-state index contributed by atoms with van der Waals surface area (Å²) in [6.07, 6.45) is 5.80. The molecule has 0 saturated heterocycles. The van der Waals surface area contributed by atoms with Crippen LogP contribution in [0.4, 0.5) is 0 Å². The van der Waals surface area contributed by atoms with E-state index in [1.54, 1.807) is 12.4 Å². The highest BCUT2D eigenvalue weighted by atomic mass is 16.5. The Bertz CT molecular complexity index is 1280. The van der Waals surface area contributed by atoms with Crippen LogP contribution in [-0.4, -0.2) is 22.5 Å². The van der Waals surface area contributed by atoms with Crippen LogP contribution in [0.2, 0.25) is 0 Å². The molecule has 1 fully saturated rings. The van der Waals surface area contributed by atoms with Crippen LogP contribution >= 0.6 is 0 Å². The second-order valence-electron chi connectivity index (χ2n) is 8.39. The third-order valence-electron chi connectivity index (χ3n) is 5.52. The predicted octanol–water partition coefficient (Wildman–Crippen LogP) is 5.67. The van der Waals surface area contributed by atoms with Crippen LogP contribution in [0.5, 0.6) is 17.4 Å². The molecule has 1 N–H and O–H groups in total. The predicted molar refractivity (Wildman–Crippen MR) is 124 cm³/mol. The first-order valence-corrected chi connectivity index (χ1v) is 11.1. The number of ether oxygens (including phenoxy) is 2.